The lowest BCUT2D eigenvalue weighted by molar-refractivity contribution is 0.0520. The van der Waals surface area contributed by atoms with Crippen LogP contribution in [0.5, 0.6) is 5.75 Å². The first-order chi connectivity index (χ1) is 13.2. The lowest BCUT2D eigenvalue weighted by Gasteiger charge is -2.47. The zero-order valence-corrected chi connectivity index (χ0v) is 15.6. The number of fused-ring (bicyclic) bond motifs is 1. The van der Waals surface area contributed by atoms with Gasteiger partial charge in [0.25, 0.3) is 5.91 Å². The smallest absolute Gasteiger partial charge is 0.254 e. The van der Waals surface area contributed by atoms with Gasteiger partial charge in [0.1, 0.15) is 11.9 Å². The van der Waals surface area contributed by atoms with E-state index in [0.29, 0.717) is 0 Å². The molecule has 0 aliphatic carbocycles. The van der Waals surface area contributed by atoms with E-state index in [-0.39, 0.29) is 16.8 Å². The van der Waals surface area contributed by atoms with E-state index in [2.05, 4.69) is 9.97 Å². The molecule has 5 rings (SSSR count). The molecular weight excluding hydrogens is 358 g/mol. The van der Waals surface area contributed by atoms with Crippen molar-refractivity contribution in [3.8, 4) is 5.75 Å². The first kappa shape index (κ1) is 16.6. The highest BCUT2D eigenvalue weighted by atomic mass is 32.2. The van der Waals surface area contributed by atoms with E-state index in [9.17, 15) is 4.79 Å². The van der Waals surface area contributed by atoms with E-state index in [4.69, 9.17) is 4.74 Å². The first-order valence-corrected chi connectivity index (χ1v) is 10.0. The van der Waals surface area contributed by atoms with Gasteiger partial charge in [0.15, 0.2) is 0 Å². The molecule has 4 heterocycles. The lowest BCUT2D eigenvalue weighted by atomic mass is 9.92. The van der Waals surface area contributed by atoms with Crippen LogP contribution in [-0.4, -0.2) is 50.5 Å². The van der Waals surface area contributed by atoms with Crippen molar-refractivity contribution in [3.63, 3.8) is 0 Å². The second kappa shape index (κ2) is 6.53. The molecule has 5 nitrogen and oxygen atoms in total. The summed E-state index contributed by atoms with van der Waals surface area (Å²) in [7, 11) is 0. The summed E-state index contributed by atoms with van der Waals surface area (Å²) in [5.41, 5.74) is 1.60. The Morgan fingerprint density at radius 1 is 1.15 bits per heavy atom. The van der Waals surface area contributed by atoms with Crippen LogP contribution in [0.2, 0.25) is 0 Å². The molecule has 6 heteroatoms. The third kappa shape index (κ3) is 3.04. The van der Waals surface area contributed by atoms with Gasteiger partial charge in [-0.3, -0.25) is 14.8 Å². The molecule has 1 atom stereocenters. The fourth-order valence-electron chi connectivity index (χ4n) is 3.95. The van der Waals surface area contributed by atoms with Crippen molar-refractivity contribution in [1.82, 2.24) is 14.9 Å². The van der Waals surface area contributed by atoms with Crippen LogP contribution in [0.4, 0.5) is 0 Å². The van der Waals surface area contributed by atoms with Gasteiger partial charge in [0.05, 0.1) is 22.0 Å². The zero-order chi connectivity index (χ0) is 18.3. The van der Waals surface area contributed by atoms with Crippen molar-refractivity contribution in [2.24, 2.45) is 0 Å². The molecule has 1 spiro atoms. The van der Waals surface area contributed by atoms with Crippen molar-refractivity contribution >= 4 is 28.6 Å². The first-order valence-electron chi connectivity index (χ1n) is 9.06. The Balaban J connectivity index is 1.26. The quantitative estimate of drug-likeness (QED) is 0.700. The van der Waals surface area contributed by atoms with Crippen LogP contribution >= 0.6 is 11.8 Å². The highest BCUT2D eigenvalue weighted by molar-refractivity contribution is 8.01. The second-order valence-corrected chi connectivity index (χ2v) is 8.65. The second-order valence-electron chi connectivity index (χ2n) is 7.16. The number of rotatable bonds is 3. The van der Waals surface area contributed by atoms with Crippen molar-refractivity contribution in [2.75, 3.05) is 18.8 Å². The summed E-state index contributed by atoms with van der Waals surface area (Å²) in [5.74, 6) is 1.86. The molecule has 2 saturated heterocycles. The van der Waals surface area contributed by atoms with Crippen LogP contribution in [-0.2, 0) is 0 Å². The van der Waals surface area contributed by atoms with Crippen LogP contribution < -0.4 is 4.74 Å². The Kier molecular flexibility index (Phi) is 4.01. The predicted molar refractivity (Wildman–Crippen MR) is 106 cm³/mol. The number of hydrogen-bond acceptors (Lipinski definition) is 5. The molecule has 1 unspecified atom stereocenters. The van der Waals surface area contributed by atoms with E-state index >= 15 is 0 Å². The number of hydrogen-bond donors (Lipinski definition) is 0. The summed E-state index contributed by atoms with van der Waals surface area (Å²) in [6.45, 7) is 1.56. The number of amides is 1. The minimum absolute atomic E-state index is 0.0939. The number of para-hydroxylation sites is 1. The molecule has 27 heavy (non-hydrogen) atoms. The van der Waals surface area contributed by atoms with E-state index in [1.807, 2.05) is 59.1 Å². The number of benzene rings is 1. The average Bonchev–Trinajstić information content (AvgIpc) is 3.11. The number of likely N-dealkylation sites (tertiary alicyclic amines) is 1. The SMILES string of the molecule is O=C(c1ccnc2ccccc12)N1CC2(CC(Oc3cccnc3)CS2)C1. The third-order valence-corrected chi connectivity index (χ3v) is 6.81. The maximum atomic E-state index is 13.0. The highest BCUT2D eigenvalue weighted by Crippen LogP contribution is 2.46. The molecule has 0 radical (unpaired) electrons. The van der Waals surface area contributed by atoms with E-state index < -0.39 is 0 Å². The Morgan fingerprint density at radius 3 is 2.89 bits per heavy atom. The van der Waals surface area contributed by atoms with Crippen molar-refractivity contribution < 1.29 is 9.53 Å². The Hall–Kier alpha value is -2.60. The minimum Gasteiger partial charge on any atom is -0.488 e. The topological polar surface area (TPSA) is 55.3 Å². The van der Waals surface area contributed by atoms with E-state index in [1.54, 1.807) is 18.6 Å². The third-order valence-electron chi connectivity index (χ3n) is 5.24. The van der Waals surface area contributed by atoms with E-state index in [1.165, 1.54) is 0 Å². The summed E-state index contributed by atoms with van der Waals surface area (Å²) in [4.78, 5) is 23.4. The van der Waals surface area contributed by atoms with Gasteiger partial charge < -0.3 is 9.64 Å². The Labute approximate surface area is 161 Å². The van der Waals surface area contributed by atoms with Crippen molar-refractivity contribution in [1.29, 1.82) is 0 Å². The molecule has 0 saturated carbocycles. The van der Waals surface area contributed by atoms with Gasteiger partial charge in [0, 0.05) is 43.0 Å². The molecule has 2 aliphatic rings. The standard InChI is InChI=1S/C21H19N3O2S/c25-20(18-7-9-23-19-6-2-1-5-17(18)19)24-13-21(14-24)10-16(12-27-21)26-15-4-3-8-22-11-15/h1-9,11,16H,10,12-14H2. The fraction of sp³-hybridized carbons (Fsp3) is 0.286. The molecule has 3 aromatic rings. The van der Waals surface area contributed by atoms with Crippen LogP contribution in [0.15, 0.2) is 61.1 Å². The molecule has 1 amide bonds. The van der Waals surface area contributed by atoms with Gasteiger partial charge in [-0.2, -0.15) is 0 Å². The summed E-state index contributed by atoms with van der Waals surface area (Å²) in [5, 5.41) is 0.919. The fourth-order valence-corrected chi connectivity index (χ4v) is 5.48. The molecular formula is C21H19N3O2S. The largest absolute Gasteiger partial charge is 0.488 e. The Morgan fingerprint density at radius 2 is 2.04 bits per heavy atom. The van der Waals surface area contributed by atoms with Crippen LogP contribution in [0.1, 0.15) is 16.8 Å². The van der Waals surface area contributed by atoms with Gasteiger partial charge in [-0.1, -0.05) is 18.2 Å². The molecule has 136 valence electrons. The number of carbonyl (C=O) groups is 1. The number of thioether (sulfide) groups is 1. The number of carbonyl (C=O) groups excluding carboxylic acids is 1. The molecule has 0 N–H and O–H groups in total. The van der Waals surface area contributed by atoms with Gasteiger partial charge >= 0.3 is 0 Å². The molecule has 2 fully saturated rings. The molecule has 1 aromatic carbocycles. The highest BCUT2D eigenvalue weighted by Gasteiger charge is 2.51. The maximum absolute atomic E-state index is 13.0. The lowest BCUT2D eigenvalue weighted by Crippen LogP contribution is -2.60. The number of nitrogens with zero attached hydrogens (tertiary/aromatic N) is 3. The van der Waals surface area contributed by atoms with Crippen LogP contribution in [0.25, 0.3) is 10.9 Å². The summed E-state index contributed by atoms with van der Waals surface area (Å²) in [6, 6.07) is 13.4. The normalized spacial score (nSPS) is 20.6. The van der Waals surface area contributed by atoms with E-state index in [0.717, 1.165) is 47.5 Å². The summed E-state index contributed by atoms with van der Waals surface area (Å²) >= 11 is 1.93. The number of ether oxygens (including phenoxy) is 1. The molecule has 2 aliphatic heterocycles. The van der Waals surface area contributed by atoms with Gasteiger partial charge in [-0.15, -0.1) is 11.8 Å². The van der Waals surface area contributed by atoms with Crippen LogP contribution in [0.3, 0.4) is 0 Å². The van der Waals surface area contributed by atoms with Crippen LogP contribution in [0, 0.1) is 0 Å². The van der Waals surface area contributed by atoms with Gasteiger partial charge in [-0.25, -0.2) is 0 Å². The van der Waals surface area contributed by atoms with Crippen molar-refractivity contribution in [2.45, 2.75) is 17.3 Å². The number of aromatic nitrogens is 2. The van der Waals surface area contributed by atoms with Gasteiger partial charge in [0.2, 0.25) is 0 Å². The monoisotopic (exact) mass is 377 g/mol. The average molecular weight is 377 g/mol. The number of pyridine rings is 2. The zero-order valence-electron chi connectivity index (χ0n) is 14.7. The van der Waals surface area contributed by atoms with Crippen molar-refractivity contribution in [3.05, 3.63) is 66.6 Å². The minimum atomic E-state index is 0.0939. The predicted octanol–water partition coefficient (Wildman–Crippen LogP) is 3.41. The molecule has 0 bridgehead atoms. The molecule has 2 aromatic heterocycles. The summed E-state index contributed by atoms with van der Waals surface area (Å²) in [6.07, 6.45) is 6.36. The Bertz CT molecular complexity index is 984. The maximum Gasteiger partial charge on any atom is 0.254 e. The summed E-state index contributed by atoms with van der Waals surface area (Å²) < 4.78 is 6.18. The van der Waals surface area contributed by atoms with Gasteiger partial charge in [-0.05, 0) is 24.3 Å².